The zero-order valence-electron chi connectivity index (χ0n) is 65.1. The monoisotopic (exact) mass is 1450 g/mol. The maximum atomic E-state index is 13.1. The third-order valence-electron chi connectivity index (χ3n) is 18.9. The van der Waals surface area contributed by atoms with E-state index in [0.29, 0.717) is 31.6 Å². The molecule has 4 unspecified atom stereocenters. The minimum absolute atomic E-state index is 0.104. The molecular formula is C80H156O17P2. The quantitative estimate of drug-likeness (QED) is 0.0222. The highest BCUT2D eigenvalue weighted by Crippen LogP contribution is 2.45. The predicted molar refractivity (Wildman–Crippen MR) is 404 cm³/mol. The third kappa shape index (κ3) is 72.8. The van der Waals surface area contributed by atoms with Crippen molar-refractivity contribution >= 4 is 39.5 Å². The van der Waals surface area contributed by atoms with Crippen LogP contribution in [0.5, 0.6) is 0 Å². The molecule has 19 heteroatoms. The van der Waals surface area contributed by atoms with Crippen molar-refractivity contribution in [2.45, 2.75) is 427 Å². The van der Waals surface area contributed by atoms with Crippen molar-refractivity contribution in [3.63, 3.8) is 0 Å². The molecule has 0 bridgehead atoms. The molecular weight excluding hydrogens is 1290 g/mol. The number of hydrogen-bond acceptors (Lipinski definition) is 15. The van der Waals surface area contributed by atoms with Crippen molar-refractivity contribution in [3.05, 3.63) is 0 Å². The molecule has 6 atom stereocenters. The Morgan fingerprint density at radius 1 is 0.283 bits per heavy atom. The van der Waals surface area contributed by atoms with Gasteiger partial charge in [0.2, 0.25) is 0 Å². The van der Waals surface area contributed by atoms with Crippen LogP contribution in [0.3, 0.4) is 0 Å². The molecule has 0 aliphatic carbocycles. The maximum Gasteiger partial charge on any atom is 0.472 e. The topological polar surface area (TPSA) is 237 Å². The highest BCUT2D eigenvalue weighted by atomic mass is 31.2. The lowest BCUT2D eigenvalue weighted by atomic mass is 9.99. The van der Waals surface area contributed by atoms with Crippen molar-refractivity contribution in [2.24, 2.45) is 23.7 Å². The number of aliphatic hydroxyl groups is 1. The Morgan fingerprint density at radius 3 is 0.717 bits per heavy atom. The number of phosphoric acid groups is 2. The van der Waals surface area contributed by atoms with Gasteiger partial charge in [-0.25, -0.2) is 9.13 Å². The molecule has 0 spiro atoms. The summed E-state index contributed by atoms with van der Waals surface area (Å²) in [7, 11) is -9.92. The van der Waals surface area contributed by atoms with Crippen LogP contribution >= 0.6 is 15.6 Å². The summed E-state index contributed by atoms with van der Waals surface area (Å²) < 4.78 is 68.6. The van der Waals surface area contributed by atoms with Crippen molar-refractivity contribution in [3.8, 4) is 0 Å². The highest BCUT2D eigenvalue weighted by Gasteiger charge is 2.30. The minimum Gasteiger partial charge on any atom is -0.462 e. The first-order valence-corrected chi connectivity index (χ1v) is 44.2. The van der Waals surface area contributed by atoms with Gasteiger partial charge in [-0.15, -0.1) is 0 Å². The van der Waals surface area contributed by atoms with Gasteiger partial charge >= 0.3 is 39.5 Å². The lowest BCUT2D eigenvalue weighted by molar-refractivity contribution is -0.161. The summed E-state index contributed by atoms with van der Waals surface area (Å²) in [4.78, 5) is 72.9. The number of carbonyl (C=O) groups is 4. The number of unbranched alkanes of at least 4 members (excludes halogenated alkanes) is 42. The van der Waals surface area contributed by atoms with Gasteiger partial charge in [-0.3, -0.25) is 37.3 Å². The van der Waals surface area contributed by atoms with E-state index < -0.39 is 97.5 Å². The number of hydrogen-bond donors (Lipinski definition) is 3. The fourth-order valence-electron chi connectivity index (χ4n) is 12.2. The molecule has 0 aromatic heterocycles. The van der Waals surface area contributed by atoms with Gasteiger partial charge in [0.05, 0.1) is 26.4 Å². The van der Waals surface area contributed by atoms with E-state index in [1.54, 1.807) is 0 Å². The molecule has 0 radical (unpaired) electrons. The molecule has 0 heterocycles. The van der Waals surface area contributed by atoms with Gasteiger partial charge in [0.15, 0.2) is 12.2 Å². The van der Waals surface area contributed by atoms with E-state index in [1.165, 1.54) is 205 Å². The van der Waals surface area contributed by atoms with Crippen LogP contribution in [0, 0.1) is 23.7 Å². The molecule has 17 nitrogen and oxygen atoms in total. The van der Waals surface area contributed by atoms with Crippen LogP contribution < -0.4 is 0 Å². The molecule has 0 saturated carbocycles. The number of phosphoric ester groups is 2. The van der Waals surface area contributed by atoms with Gasteiger partial charge in [0.1, 0.15) is 19.3 Å². The van der Waals surface area contributed by atoms with Crippen LogP contribution in [0.2, 0.25) is 0 Å². The highest BCUT2D eigenvalue weighted by molar-refractivity contribution is 7.47. The SMILES string of the molecule is CCC(C)CCCCCCCCCCCCCCCCC(=O)OC[C@H](COP(=O)(O)OCC(O)COP(=O)(O)OC[C@@H](COC(=O)CCCCCCCCC(C)C)OC(=O)CCCCCCCCCCCCCCCCCCCCC(C)C)OC(=O)CCCCCCCCCCC(C)C. The van der Waals surface area contributed by atoms with E-state index in [1.807, 2.05) is 0 Å². The summed E-state index contributed by atoms with van der Waals surface area (Å²) >= 11 is 0. The lowest BCUT2D eigenvalue weighted by Gasteiger charge is -2.21. The Balaban J connectivity index is 5.15. The van der Waals surface area contributed by atoms with Crippen molar-refractivity contribution < 1.29 is 80.2 Å². The Morgan fingerprint density at radius 2 is 0.485 bits per heavy atom. The Hall–Kier alpha value is -1.94. The predicted octanol–water partition coefficient (Wildman–Crippen LogP) is 23.6. The fourth-order valence-corrected chi connectivity index (χ4v) is 13.8. The molecule has 0 aliphatic heterocycles. The molecule has 0 rings (SSSR count). The summed E-state index contributed by atoms with van der Waals surface area (Å²) in [5.41, 5.74) is 0. The average molecular weight is 1450 g/mol. The van der Waals surface area contributed by atoms with Gasteiger partial charge in [0.25, 0.3) is 0 Å². The lowest BCUT2D eigenvalue weighted by Crippen LogP contribution is -2.30. The second-order valence-electron chi connectivity index (χ2n) is 30.5. The molecule has 0 amide bonds. The smallest absolute Gasteiger partial charge is 0.462 e. The largest absolute Gasteiger partial charge is 0.472 e. The number of aliphatic hydroxyl groups excluding tert-OH is 1. The van der Waals surface area contributed by atoms with Crippen LogP contribution in [0.1, 0.15) is 409 Å². The summed E-state index contributed by atoms with van der Waals surface area (Å²) in [5.74, 6) is 0.948. The molecule has 588 valence electrons. The second-order valence-corrected chi connectivity index (χ2v) is 33.4. The summed E-state index contributed by atoms with van der Waals surface area (Å²) in [6.07, 6.45) is 55.8. The molecule has 0 aromatic carbocycles. The summed E-state index contributed by atoms with van der Waals surface area (Å²) in [6.45, 7) is 14.2. The van der Waals surface area contributed by atoms with Crippen LogP contribution in [0.4, 0.5) is 0 Å². The third-order valence-corrected chi connectivity index (χ3v) is 20.8. The number of rotatable bonds is 77. The zero-order valence-corrected chi connectivity index (χ0v) is 66.9. The maximum absolute atomic E-state index is 13.1. The first-order valence-electron chi connectivity index (χ1n) is 41.2. The molecule has 3 N–H and O–H groups in total. The zero-order chi connectivity index (χ0) is 73.1. The Kier molecular flexibility index (Phi) is 67.8. The van der Waals surface area contributed by atoms with Crippen molar-refractivity contribution in [1.82, 2.24) is 0 Å². The van der Waals surface area contributed by atoms with Crippen LogP contribution in [0.15, 0.2) is 0 Å². The van der Waals surface area contributed by atoms with E-state index in [2.05, 4.69) is 55.4 Å². The number of esters is 4. The Bertz CT molecular complexity index is 1940. The summed E-state index contributed by atoms with van der Waals surface area (Å²) in [5, 5.41) is 10.6. The Labute approximate surface area is 607 Å². The minimum atomic E-state index is -4.96. The molecule has 0 fully saturated rings. The van der Waals surface area contributed by atoms with E-state index in [9.17, 15) is 43.2 Å². The normalized spacial score (nSPS) is 14.3. The number of carbonyl (C=O) groups excluding carboxylic acids is 4. The average Bonchev–Trinajstić information content (AvgIpc) is 0.945. The molecule has 0 saturated heterocycles. The van der Waals surface area contributed by atoms with E-state index in [4.69, 9.17) is 37.0 Å². The van der Waals surface area contributed by atoms with Crippen molar-refractivity contribution in [1.29, 1.82) is 0 Å². The first kappa shape index (κ1) is 97.1. The number of ether oxygens (including phenoxy) is 4. The molecule has 0 aliphatic rings. The van der Waals surface area contributed by atoms with Crippen molar-refractivity contribution in [2.75, 3.05) is 39.6 Å². The fraction of sp³-hybridized carbons (Fsp3) is 0.950. The van der Waals surface area contributed by atoms with Crippen LogP contribution in [-0.4, -0.2) is 96.7 Å². The van der Waals surface area contributed by atoms with Crippen LogP contribution in [-0.2, 0) is 65.4 Å². The molecule has 0 aromatic rings. The standard InChI is InChI=1S/C80H156O17P2/c1-9-73(8)59-51-43-34-27-23-19-16-17-20-24-28-35-44-52-60-77(82)90-66-75(97-80(85)63-55-47-37-31-30-33-41-49-57-71(4)5)68-94-98(86,87)92-64-74(81)65-93-99(88,89)95-69-76(67-91-78(83)61-53-45-39-38-42-50-58-72(6)7)96-79(84)62-54-46-36-29-25-21-15-13-11-10-12-14-18-22-26-32-40-48-56-70(2)3/h70-76,81H,9-69H2,1-8H3,(H,86,87)(H,88,89)/t73?,74?,75-,76-/m1/s1. The first-order chi connectivity index (χ1) is 47.6. The second kappa shape index (κ2) is 69.1. The van der Waals surface area contributed by atoms with E-state index in [0.717, 1.165) is 114 Å². The molecule has 99 heavy (non-hydrogen) atoms. The van der Waals surface area contributed by atoms with Gasteiger partial charge in [0, 0.05) is 25.7 Å². The van der Waals surface area contributed by atoms with Crippen LogP contribution in [0.25, 0.3) is 0 Å². The van der Waals surface area contributed by atoms with E-state index >= 15 is 0 Å². The van der Waals surface area contributed by atoms with E-state index in [-0.39, 0.29) is 25.7 Å². The van der Waals surface area contributed by atoms with Gasteiger partial charge < -0.3 is 33.8 Å². The summed E-state index contributed by atoms with van der Waals surface area (Å²) in [6, 6.07) is 0. The van der Waals surface area contributed by atoms with Gasteiger partial charge in [-0.05, 0) is 49.4 Å². The van der Waals surface area contributed by atoms with Gasteiger partial charge in [-0.1, -0.05) is 357 Å². The van der Waals surface area contributed by atoms with Gasteiger partial charge in [-0.2, -0.15) is 0 Å².